The predicted octanol–water partition coefficient (Wildman–Crippen LogP) is 3.52. The van der Waals surface area contributed by atoms with Crippen molar-refractivity contribution in [2.24, 2.45) is 0 Å². The average Bonchev–Trinajstić information content (AvgIpc) is 2.70. The molecule has 2 rings (SSSR count). The summed E-state index contributed by atoms with van der Waals surface area (Å²) in [4.78, 5) is 2.38. The lowest BCUT2D eigenvalue weighted by atomic mass is 10.2. The van der Waals surface area contributed by atoms with Gasteiger partial charge in [0.25, 0.3) is 0 Å². The zero-order valence-electron chi connectivity index (χ0n) is 8.12. The Morgan fingerprint density at radius 1 is 1.07 bits per heavy atom. The van der Waals surface area contributed by atoms with Gasteiger partial charge in [0.1, 0.15) is 0 Å². The molecule has 0 aromatic heterocycles. The Bertz CT molecular complexity index is 310. The number of rotatable bonds is 2. The highest BCUT2D eigenvalue weighted by Gasteiger charge is 2.05. The lowest BCUT2D eigenvalue weighted by molar-refractivity contribution is 0.471. The number of halogens is 1. The first-order chi connectivity index (χ1) is 6.84. The van der Waals surface area contributed by atoms with Gasteiger partial charge in [0.15, 0.2) is 0 Å². The molecule has 74 valence electrons. The quantitative estimate of drug-likeness (QED) is 0.778. The topological polar surface area (TPSA) is 3.24 Å². The van der Waals surface area contributed by atoms with Crippen molar-refractivity contribution in [2.45, 2.75) is 12.8 Å². The van der Waals surface area contributed by atoms with E-state index in [9.17, 15) is 0 Å². The molecule has 2 heteroatoms. The predicted molar refractivity (Wildman–Crippen MR) is 64.0 cm³/mol. The van der Waals surface area contributed by atoms with E-state index in [1.165, 1.54) is 31.5 Å². The first-order valence-electron chi connectivity index (χ1n) is 5.02. The summed E-state index contributed by atoms with van der Waals surface area (Å²) in [6, 6.07) is 8.39. The van der Waals surface area contributed by atoms with E-state index in [0.717, 1.165) is 4.47 Å². The van der Waals surface area contributed by atoms with E-state index in [4.69, 9.17) is 0 Å². The molecule has 0 aliphatic carbocycles. The molecule has 0 N–H and O–H groups in total. The second-order valence-electron chi connectivity index (χ2n) is 3.61. The molecular weight excluding hydrogens is 238 g/mol. The normalized spacial score (nSPS) is 16.8. The second-order valence-corrected chi connectivity index (χ2v) is 4.53. The molecule has 14 heavy (non-hydrogen) atoms. The Hall–Kier alpha value is -0.760. The Labute approximate surface area is 93.6 Å². The van der Waals surface area contributed by atoms with Gasteiger partial charge in [0, 0.05) is 17.6 Å². The van der Waals surface area contributed by atoms with E-state index in [2.05, 4.69) is 57.4 Å². The highest BCUT2D eigenvalue weighted by molar-refractivity contribution is 9.10. The summed E-state index contributed by atoms with van der Waals surface area (Å²) in [5.74, 6) is 0. The largest absolute Gasteiger partial charge is 0.377 e. The van der Waals surface area contributed by atoms with E-state index >= 15 is 0 Å². The van der Waals surface area contributed by atoms with Gasteiger partial charge in [0.2, 0.25) is 0 Å². The summed E-state index contributed by atoms with van der Waals surface area (Å²) in [6.45, 7) is 2.43. The molecule has 1 nitrogen and oxygen atoms in total. The highest BCUT2D eigenvalue weighted by atomic mass is 79.9. The number of hydrogen-bond acceptors (Lipinski definition) is 1. The van der Waals surface area contributed by atoms with Crippen LogP contribution in [-0.2, 0) is 0 Å². The maximum Gasteiger partial charge on any atom is 0.0175 e. The van der Waals surface area contributed by atoms with E-state index in [-0.39, 0.29) is 0 Å². The van der Waals surface area contributed by atoms with Crippen LogP contribution >= 0.6 is 15.9 Å². The van der Waals surface area contributed by atoms with Gasteiger partial charge in [-0.05, 0) is 42.8 Å². The van der Waals surface area contributed by atoms with Crippen LogP contribution in [0.2, 0.25) is 0 Å². The zero-order valence-corrected chi connectivity index (χ0v) is 9.70. The number of likely N-dealkylation sites (tertiary alicyclic amines) is 1. The molecule has 1 aromatic rings. The first-order valence-corrected chi connectivity index (χ1v) is 5.82. The second kappa shape index (κ2) is 4.65. The average molecular weight is 252 g/mol. The Kier molecular flexibility index (Phi) is 3.25. The molecule has 1 heterocycles. The Morgan fingerprint density at radius 3 is 2.36 bits per heavy atom. The lowest BCUT2D eigenvalue weighted by Crippen LogP contribution is -2.09. The molecule has 1 aliphatic rings. The summed E-state index contributed by atoms with van der Waals surface area (Å²) < 4.78 is 1.14. The molecule has 0 spiro atoms. The monoisotopic (exact) mass is 251 g/mol. The molecule has 1 saturated heterocycles. The molecule has 0 atom stereocenters. The first kappa shape index (κ1) is 9.78. The summed E-state index contributed by atoms with van der Waals surface area (Å²) >= 11 is 3.43. The fraction of sp³-hybridized carbons (Fsp3) is 0.333. The third-order valence-electron chi connectivity index (χ3n) is 2.49. The maximum atomic E-state index is 3.43. The molecule has 0 radical (unpaired) electrons. The van der Waals surface area contributed by atoms with Gasteiger partial charge < -0.3 is 4.90 Å². The van der Waals surface area contributed by atoms with Gasteiger partial charge in [-0.25, -0.2) is 0 Å². The van der Waals surface area contributed by atoms with Crippen LogP contribution in [0.15, 0.2) is 34.9 Å². The molecule has 0 bridgehead atoms. The fourth-order valence-electron chi connectivity index (χ4n) is 1.66. The molecule has 1 aliphatic heterocycles. The van der Waals surface area contributed by atoms with Crippen LogP contribution < -0.4 is 0 Å². The minimum Gasteiger partial charge on any atom is -0.377 e. The lowest BCUT2D eigenvalue weighted by Gasteiger charge is -2.09. The van der Waals surface area contributed by atoms with Gasteiger partial charge in [-0.1, -0.05) is 28.1 Å². The van der Waals surface area contributed by atoms with Crippen LogP contribution in [0, 0.1) is 0 Å². The van der Waals surface area contributed by atoms with Gasteiger partial charge >= 0.3 is 0 Å². The van der Waals surface area contributed by atoms with Crippen molar-refractivity contribution in [2.75, 3.05) is 13.1 Å². The SMILES string of the molecule is Brc1ccc(/C=C/N2CCCC2)cc1. The van der Waals surface area contributed by atoms with Crippen LogP contribution in [0.5, 0.6) is 0 Å². The molecule has 0 saturated carbocycles. The number of benzene rings is 1. The highest BCUT2D eigenvalue weighted by Crippen LogP contribution is 2.13. The van der Waals surface area contributed by atoms with Crippen molar-refractivity contribution in [3.63, 3.8) is 0 Å². The van der Waals surface area contributed by atoms with Crippen molar-refractivity contribution in [3.05, 3.63) is 40.5 Å². The smallest absolute Gasteiger partial charge is 0.0175 e. The molecule has 1 aromatic carbocycles. The van der Waals surface area contributed by atoms with E-state index in [1.54, 1.807) is 0 Å². The molecule has 0 amide bonds. The van der Waals surface area contributed by atoms with Crippen LogP contribution in [0.25, 0.3) is 6.08 Å². The van der Waals surface area contributed by atoms with Crippen molar-refractivity contribution in [1.82, 2.24) is 4.90 Å². The van der Waals surface area contributed by atoms with E-state index in [0.29, 0.717) is 0 Å². The number of hydrogen-bond donors (Lipinski definition) is 0. The molecular formula is C12H14BrN. The standard InChI is InChI=1S/C12H14BrN/c13-12-5-3-11(4-6-12)7-10-14-8-1-2-9-14/h3-7,10H,1-2,8-9H2/b10-7+. The van der Waals surface area contributed by atoms with Crippen molar-refractivity contribution < 1.29 is 0 Å². The molecule has 1 fully saturated rings. The summed E-state index contributed by atoms with van der Waals surface area (Å²) in [6.07, 6.45) is 7.06. The third-order valence-corrected chi connectivity index (χ3v) is 3.02. The van der Waals surface area contributed by atoms with E-state index in [1.807, 2.05) is 0 Å². The minimum atomic E-state index is 1.14. The Balaban J connectivity index is 1.99. The van der Waals surface area contributed by atoms with E-state index < -0.39 is 0 Å². The maximum absolute atomic E-state index is 3.43. The summed E-state index contributed by atoms with van der Waals surface area (Å²) in [7, 11) is 0. The van der Waals surface area contributed by atoms with Gasteiger partial charge in [-0.15, -0.1) is 0 Å². The van der Waals surface area contributed by atoms with Crippen molar-refractivity contribution >= 4 is 22.0 Å². The van der Waals surface area contributed by atoms with Crippen molar-refractivity contribution in [1.29, 1.82) is 0 Å². The summed E-state index contributed by atoms with van der Waals surface area (Å²) in [5.41, 5.74) is 1.26. The van der Waals surface area contributed by atoms with Gasteiger partial charge in [-0.2, -0.15) is 0 Å². The van der Waals surface area contributed by atoms with Crippen molar-refractivity contribution in [3.8, 4) is 0 Å². The third kappa shape index (κ3) is 2.61. The Morgan fingerprint density at radius 2 is 1.71 bits per heavy atom. The van der Waals surface area contributed by atoms with Crippen LogP contribution in [0.1, 0.15) is 18.4 Å². The van der Waals surface area contributed by atoms with Gasteiger partial charge in [-0.3, -0.25) is 0 Å². The summed E-state index contributed by atoms with van der Waals surface area (Å²) in [5, 5.41) is 0. The van der Waals surface area contributed by atoms with Crippen LogP contribution in [0.3, 0.4) is 0 Å². The van der Waals surface area contributed by atoms with Crippen LogP contribution in [0.4, 0.5) is 0 Å². The van der Waals surface area contributed by atoms with Gasteiger partial charge in [0.05, 0.1) is 0 Å². The molecule has 0 unspecified atom stereocenters. The number of nitrogens with zero attached hydrogens (tertiary/aromatic N) is 1. The van der Waals surface area contributed by atoms with Crippen LogP contribution in [-0.4, -0.2) is 18.0 Å². The fourth-order valence-corrected chi connectivity index (χ4v) is 1.92. The zero-order chi connectivity index (χ0) is 9.80. The minimum absolute atomic E-state index is 1.14.